The SMILES string of the molecule is Cc1nc2c(C(F)(F)F)nc(C(F)(F)F)nc2n1CCO. The summed E-state index contributed by atoms with van der Waals surface area (Å²) in [4.78, 5) is 9.23. The maximum absolute atomic E-state index is 12.9. The number of imidazole rings is 1. The first-order valence-corrected chi connectivity index (χ1v) is 5.56. The second-order valence-corrected chi connectivity index (χ2v) is 4.10. The van der Waals surface area contributed by atoms with Crippen LogP contribution in [0, 0.1) is 6.92 Å². The van der Waals surface area contributed by atoms with Gasteiger partial charge in [-0.2, -0.15) is 26.3 Å². The molecule has 5 nitrogen and oxygen atoms in total. The molecule has 2 rings (SSSR count). The molecule has 0 aliphatic carbocycles. The second kappa shape index (κ2) is 4.83. The number of aromatic nitrogens is 4. The normalized spacial score (nSPS) is 13.1. The lowest BCUT2D eigenvalue weighted by atomic mass is 10.3. The van der Waals surface area contributed by atoms with Gasteiger partial charge >= 0.3 is 12.4 Å². The molecule has 0 spiro atoms. The highest BCUT2D eigenvalue weighted by atomic mass is 19.4. The van der Waals surface area contributed by atoms with E-state index in [0.717, 1.165) is 4.57 Å². The van der Waals surface area contributed by atoms with Gasteiger partial charge in [-0.3, -0.25) is 0 Å². The van der Waals surface area contributed by atoms with Gasteiger partial charge in [-0.15, -0.1) is 0 Å². The molecule has 0 unspecified atom stereocenters. The van der Waals surface area contributed by atoms with Crippen molar-refractivity contribution in [2.24, 2.45) is 0 Å². The lowest BCUT2D eigenvalue weighted by Gasteiger charge is -2.11. The highest BCUT2D eigenvalue weighted by Gasteiger charge is 2.42. The van der Waals surface area contributed by atoms with Crippen molar-refractivity contribution in [3.05, 3.63) is 17.3 Å². The van der Waals surface area contributed by atoms with Gasteiger partial charge in [-0.25, -0.2) is 15.0 Å². The van der Waals surface area contributed by atoms with Crippen LogP contribution in [-0.2, 0) is 18.9 Å². The first-order valence-electron chi connectivity index (χ1n) is 5.56. The van der Waals surface area contributed by atoms with E-state index in [1.165, 1.54) is 6.92 Å². The molecule has 2 heterocycles. The number of halogens is 6. The zero-order valence-corrected chi connectivity index (χ0v) is 10.4. The van der Waals surface area contributed by atoms with E-state index in [4.69, 9.17) is 5.11 Å². The van der Waals surface area contributed by atoms with E-state index < -0.39 is 41.6 Å². The number of nitrogens with zero attached hydrogens (tertiary/aromatic N) is 4. The Hall–Kier alpha value is -1.91. The largest absolute Gasteiger partial charge is 0.451 e. The van der Waals surface area contributed by atoms with Crippen molar-refractivity contribution in [1.29, 1.82) is 0 Å². The molecule has 0 fully saturated rings. The zero-order valence-electron chi connectivity index (χ0n) is 10.4. The molecule has 1 N–H and O–H groups in total. The Balaban J connectivity index is 2.85. The maximum atomic E-state index is 12.9. The summed E-state index contributed by atoms with van der Waals surface area (Å²) in [6.45, 7) is 0.581. The maximum Gasteiger partial charge on any atom is 0.451 e. The monoisotopic (exact) mass is 314 g/mol. The second-order valence-electron chi connectivity index (χ2n) is 4.10. The summed E-state index contributed by atoms with van der Waals surface area (Å²) in [5, 5.41) is 8.84. The first kappa shape index (κ1) is 15.5. The Morgan fingerprint density at radius 3 is 2.10 bits per heavy atom. The molecule has 0 saturated carbocycles. The molecule has 0 amide bonds. The predicted octanol–water partition coefficient (Wildman–Crippen LogP) is 2.16. The van der Waals surface area contributed by atoms with Crippen molar-refractivity contribution in [2.75, 3.05) is 6.61 Å². The molecule has 0 aliphatic heterocycles. The molecule has 0 aliphatic rings. The number of aliphatic hydroxyl groups is 1. The molecule has 2 aromatic rings. The van der Waals surface area contributed by atoms with E-state index in [0.29, 0.717) is 0 Å². The molecular formula is C10H8F6N4O. The van der Waals surface area contributed by atoms with Crippen molar-refractivity contribution in [3.63, 3.8) is 0 Å². The van der Waals surface area contributed by atoms with Crippen molar-refractivity contribution < 1.29 is 31.4 Å². The van der Waals surface area contributed by atoms with Gasteiger partial charge in [-0.1, -0.05) is 0 Å². The van der Waals surface area contributed by atoms with Gasteiger partial charge in [0.05, 0.1) is 6.61 Å². The molecule has 0 bridgehead atoms. The Morgan fingerprint density at radius 1 is 1.00 bits per heavy atom. The van der Waals surface area contributed by atoms with Crippen LogP contribution >= 0.6 is 0 Å². The van der Waals surface area contributed by atoms with E-state index in [1.807, 2.05) is 0 Å². The molecule has 0 saturated heterocycles. The van der Waals surface area contributed by atoms with Gasteiger partial charge in [0.25, 0.3) is 0 Å². The average Bonchev–Trinajstić information content (AvgIpc) is 2.63. The van der Waals surface area contributed by atoms with E-state index >= 15 is 0 Å². The van der Waals surface area contributed by atoms with Crippen LogP contribution in [0.4, 0.5) is 26.3 Å². The van der Waals surface area contributed by atoms with Gasteiger partial charge in [0, 0.05) is 6.54 Å². The number of alkyl halides is 6. The quantitative estimate of drug-likeness (QED) is 0.863. The highest BCUT2D eigenvalue weighted by Crippen LogP contribution is 2.35. The fourth-order valence-corrected chi connectivity index (χ4v) is 1.80. The minimum Gasteiger partial charge on any atom is -0.395 e. The van der Waals surface area contributed by atoms with Crippen molar-refractivity contribution >= 4 is 11.2 Å². The number of hydrogen-bond acceptors (Lipinski definition) is 4. The summed E-state index contributed by atoms with van der Waals surface area (Å²) >= 11 is 0. The van der Waals surface area contributed by atoms with Crippen LogP contribution in [-0.4, -0.2) is 31.2 Å². The third-order valence-electron chi connectivity index (χ3n) is 2.63. The van der Waals surface area contributed by atoms with Crippen molar-refractivity contribution in [1.82, 2.24) is 19.5 Å². The van der Waals surface area contributed by atoms with Crippen LogP contribution in [0.15, 0.2) is 0 Å². The molecular weight excluding hydrogens is 306 g/mol. The van der Waals surface area contributed by atoms with Crippen LogP contribution in [0.2, 0.25) is 0 Å². The van der Waals surface area contributed by atoms with E-state index in [1.54, 1.807) is 0 Å². The van der Waals surface area contributed by atoms with Crippen molar-refractivity contribution in [2.45, 2.75) is 25.8 Å². The zero-order chi connectivity index (χ0) is 16.0. The molecule has 2 aromatic heterocycles. The third-order valence-corrected chi connectivity index (χ3v) is 2.63. The minimum atomic E-state index is -5.13. The Bertz CT molecular complexity index is 675. The summed E-state index contributed by atoms with van der Waals surface area (Å²) in [6.07, 6.45) is -10.2. The number of aryl methyl sites for hydroxylation is 1. The van der Waals surface area contributed by atoms with E-state index in [2.05, 4.69) is 15.0 Å². The lowest BCUT2D eigenvalue weighted by Crippen LogP contribution is -2.18. The van der Waals surface area contributed by atoms with Crippen LogP contribution < -0.4 is 0 Å². The number of aliphatic hydroxyl groups excluding tert-OH is 1. The standard InChI is InChI=1S/C10H8F6N4O/c1-4-17-5-6(9(11,12)13)18-8(10(14,15)16)19-7(5)20(4)2-3-21/h21H,2-3H2,1H3. The van der Waals surface area contributed by atoms with Gasteiger partial charge in [0.2, 0.25) is 5.82 Å². The topological polar surface area (TPSA) is 63.8 Å². The van der Waals surface area contributed by atoms with Crippen LogP contribution in [0.1, 0.15) is 17.3 Å². The fraction of sp³-hybridized carbons (Fsp3) is 0.500. The summed E-state index contributed by atoms with van der Waals surface area (Å²) in [5.41, 5.74) is -3.14. The molecule has 0 aromatic carbocycles. The molecule has 21 heavy (non-hydrogen) atoms. The number of rotatable bonds is 2. The highest BCUT2D eigenvalue weighted by molar-refractivity contribution is 5.75. The number of fused-ring (bicyclic) bond motifs is 1. The predicted molar refractivity (Wildman–Crippen MR) is 57.1 cm³/mol. The summed E-state index contributed by atoms with van der Waals surface area (Å²) in [7, 11) is 0. The van der Waals surface area contributed by atoms with Gasteiger partial charge in [0.1, 0.15) is 11.3 Å². The summed E-state index contributed by atoms with van der Waals surface area (Å²) in [5.74, 6) is -1.90. The molecule has 116 valence electrons. The Labute approximate surface area is 113 Å². The smallest absolute Gasteiger partial charge is 0.395 e. The minimum absolute atomic E-state index is 0.00169. The molecule has 11 heteroatoms. The fourth-order valence-electron chi connectivity index (χ4n) is 1.80. The van der Waals surface area contributed by atoms with Crippen LogP contribution in [0.25, 0.3) is 11.2 Å². The number of hydrogen-bond donors (Lipinski definition) is 1. The Morgan fingerprint density at radius 2 is 1.62 bits per heavy atom. The van der Waals surface area contributed by atoms with Crippen LogP contribution in [0.3, 0.4) is 0 Å². The van der Waals surface area contributed by atoms with E-state index in [-0.39, 0.29) is 12.4 Å². The molecule has 0 atom stereocenters. The van der Waals surface area contributed by atoms with Gasteiger partial charge < -0.3 is 9.67 Å². The summed E-state index contributed by atoms with van der Waals surface area (Å²) < 4.78 is 77.5. The van der Waals surface area contributed by atoms with E-state index in [9.17, 15) is 26.3 Å². The van der Waals surface area contributed by atoms with Gasteiger partial charge in [0.15, 0.2) is 11.3 Å². The lowest BCUT2D eigenvalue weighted by molar-refractivity contribution is -0.151. The van der Waals surface area contributed by atoms with Crippen LogP contribution in [0.5, 0.6) is 0 Å². The summed E-state index contributed by atoms with van der Waals surface area (Å²) in [6, 6.07) is 0. The third kappa shape index (κ3) is 2.77. The average molecular weight is 314 g/mol. The first-order chi connectivity index (χ1) is 9.55. The van der Waals surface area contributed by atoms with Crippen molar-refractivity contribution in [3.8, 4) is 0 Å². The molecule has 0 radical (unpaired) electrons. The van der Waals surface area contributed by atoms with Gasteiger partial charge in [-0.05, 0) is 6.92 Å². The Kier molecular flexibility index (Phi) is 3.56.